The van der Waals surface area contributed by atoms with Crippen molar-refractivity contribution in [2.45, 2.75) is 6.54 Å². The lowest BCUT2D eigenvalue weighted by atomic mass is 10.1. The average Bonchev–Trinajstić information content (AvgIpc) is 2.53. The number of ether oxygens (including phenoxy) is 1. The molecule has 0 heterocycles. The Morgan fingerprint density at radius 1 is 1.29 bits per heavy atom. The maximum Gasteiger partial charge on any atom is 0.173 e. The molecule has 0 fully saturated rings. The van der Waals surface area contributed by atoms with Crippen molar-refractivity contribution in [1.82, 2.24) is 0 Å². The van der Waals surface area contributed by atoms with Crippen LogP contribution >= 0.6 is 22.6 Å². The second kappa shape index (κ2) is 7.16. The quantitative estimate of drug-likeness (QED) is 0.238. The van der Waals surface area contributed by atoms with E-state index >= 15 is 0 Å². The summed E-state index contributed by atoms with van der Waals surface area (Å²) < 4.78 is 6.40. The summed E-state index contributed by atoms with van der Waals surface area (Å²) in [4.78, 5) is 0. The molecule has 0 aliphatic carbocycles. The maximum atomic E-state index is 8.82. The van der Waals surface area contributed by atoms with Gasteiger partial charge in [-0.1, -0.05) is 11.2 Å². The van der Waals surface area contributed by atoms with Gasteiger partial charge in [0.25, 0.3) is 0 Å². The molecule has 0 amide bonds. The zero-order chi connectivity index (χ0) is 15.2. The highest BCUT2D eigenvalue weighted by atomic mass is 127. The minimum absolute atomic E-state index is 0.0305. The van der Waals surface area contributed by atoms with E-state index in [2.05, 4.69) is 33.1 Å². The molecule has 4 N–H and O–H groups in total. The molecular formula is C15H16IN3O2. The van der Waals surface area contributed by atoms with Crippen molar-refractivity contribution in [2.75, 3.05) is 12.4 Å². The normalized spacial score (nSPS) is 11.2. The molecule has 2 rings (SSSR count). The molecule has 0 unspecified atom stereocenters. The van der Waals surface area contributed by atoms with Crippen LogP contribution in [0, 0.1) is 3.57 Å². The van der Waals surface area contributed by atoms with Crippen LogP contribution in [0.15, 0.2) is 47.6 Å². The van der Waals surface area contributed by atoms with Gasteiger partial charge in [-0.05, 0) is 64.6 Å². The average molecular weight is 397 g/mol. The third-order valence-electron chi connectivity index (χ3n) is 2.99. The van der Waals surface area contributed by atoms with E-state index in [9.17, 15) is 0 Å². The SMILES string of the molecule is COc1ccc(CNc2ccc(I)cc2)cc1C(N)=NO. The van der Waals surface area contributed by atoms with Crippen LogP contribution < -0.4 is 15.8 Å². The summed E-state index contributed by atoms with van der Waals surface area (Å²) >= 11 is 2.27. The van der Waals surface area contributed by atoms with Gasteiger partial charge in [-0.2, -0.15) is 0 Å². The number of nitrogens with two attached hydrogens (primary N) is 1. The number of nitrogens with one attached hydrogen (secondary N) is 1. The van der Waals surface area contributed by atoms with E-state index in [0.29, 0.717) is 17.9 Å². The monoisotopic (exact) mass is 397 g/mol. The van der Waals surface area contributed by atoms with Gasteiger partial charge < -0.3 is 21.0 Å². The summed E-state index contributed by atoms with van der Waals surface area (Å²) in [5.74, 6) is 0.603. The summed E-state index contributed by atoms with van der Waals surface area (Å²) in [6.07, 6.45) is 0. The molecule has 2 aromatic rings. The predicted octanol–water partition coefficient (Wildman–Crippen LogP) is 3.01. The number of oxime groups is 1. The van der Waals surface area contributed by atoms with Crippen LogP contribution in [0.2, 0.25) is 0 Å². The van der Waals surface area contributed by atoms with E-state index in [4.69, 9.17) is 15.7 Å². The van der Waals surface area contributed by atoms with Crippen LogP contribution in [-0.2, 0) is 6.54 Å². The number of hydrogen-bond acceptors (Lipinski definition) is 4. The highest BCUT2D eigenvalue weighted by Gasteiger charge is 2.09. The topological polar surface area (TPSA) is 79.9 Å². The molecule has 21 heavy (non-hydrogen) atoms. The highest BCUT2D eigenvalue weighted by Crippen LogP contribution is 2.20. The molecule has 0 saturated carbocycles. The molecule has 6 heteroatoms. The Bertz CT molecular complexity index is 642. The number of anilines is 1. The number of halogens is 1. The van der Waals surface area contributed by atoms with E-state index in [-0.39, 0.29) is 5.84 Å². The molecule has 2 aromatic carbocycles. The first-order valence-electron chi connectivity index (χ1n) is 6.28. The van der Waals surface area contributed by atoms with E-state index < -0.39 is 0 Å². The number of hydrogen-bond donors (Lipinski definition) is 3. The van der Waals surface area contributed by atoms with Crippen LogP contribution in [0.25, 0.3) is 0 Å². The van der Waals surface area contributed by atoms with Crippen molar-refractivity contribution in [3.05, 3.63) is 57.2 Å². The molecule has 0 aliphatic heterocycles. The Morgan fingerprint density at radius 2 is 2.00 bits per heavy atom. The molecule has 110 valence electrons. The summed E-state index contributed by atoms with van der Waals surface area (Å²) in [5, 5.41) is 15.2. The molecule has 0 atom stereocenters. The van der Waals surface area contributed by atoms with E-state index in [1.54, 1.807) is 13.2 Å². The van der Waals surface area contributed by atoms with Gasteiger partial charge in [0.15, 0.2) is 5.84 Å². The molecule has 5 nitrogen and oxygen atoms in total. The van der Waals surface area contributed by atoms with Crippen molar-refractivity contribution in [3.63, 3.8) is 0 Å². The second-order valence-corrected chi connectivity index (χ2v) is 5.63. The fourth-order valence-electron chi connectivity index (χ4n) is 1.89. The van der Waals surface area contributed by atoms with Crippen LogP contribution in [0.5, 0.6) is 5.75 Å². The third-order valence-corrected chi connectivity index (χ3v) is 3.71. The van der Waals surface area contributed by atoms with Gasteiger partial charge in [-0.3, -0.25) is 0 Å². The van der Waals surface area contributed by atoms with Gasteiger partial charge in [0, 0.05) is 15.8 Å². The summed E-state index contributed by atoms with van der Waals surface area (Å²) in [6.45, 7) is 0.635. The Morgan fingerprint density at radius 3 is 2.62 bits per heavy atom. The first-order chi connectivity index (χ1) is 10.1. The first-order valence-corrected chi connectivity index (χ1v) is 7.36. The summed E-state index contributed by atoms with van der Waals surface area (Å²) in [7, 11) is 1.55. The predicted molar refractivity (Wildman–Crippen MR) is 92.0 cm³/mol. The van der Waals surface area contributed by atoms with E-state index in [1.165, 1.54) is 3.57 Å². The van der Waals surface area contributed by atoms with Crippen molar-refractivity contribution >= 4 is 34.1 Å². The van der Waals surface area contributed by atoms with Gasteiger partial charge in [-0.15, -0.1) is 0 Å². The van der Waals surface area contributed by atoms with E-state index in [0.717, 1.165) is 11.3 Å². The Labute approximate surface area is 136 Å². The highest BCUT2D eigenvalue weighted by molar-refractivity contribution is 14.1. The van der Waals surface area contributed by atoms with Crippen LogP contribution in [0.3, 0.4) is 0 Å². The van der Waals surface area contributed by atoms with Gasteiger partial charge in [0.1, 0.15) is 5.75 Å². The lowest BCUT2D eigenvalue weighted by Crippen LogP contribution is -2.15. The van der Waals surface area contributed by atoms with Gasteiger partial charge in [0.2, 0.25) is 0 Å². The molecule has 0 aromatic heterocycles. The minimum Gasteiger partial charge on any atom is -0.496 e. The van der Waals surface area contributed by atoms with Crippen molar-refractivity contribution < 1.29 is 9.94 Å². The molecular weight excluding hydrogens is 381 g/mol. The number of rotatable bonds is 5. The Kier molecular flexibility index (Phi) is 5.26. The smallest absolute Gasteiger partial charge is 0.173 e. The minimum atomic E-state index is 0.0305. The second-order valence-electron chi connectivity index (χ2n) is 4.38. The lowest BCUT2D eigenvalue weighted by Gasteiger charge is -2.11. The first kappa shape index (κ1) is 15.4. The summed E-state index contributed by atoms with van der Waals surface area (Å²) in [5.41, 5.74) is 8.28. The zero-order valence-corrected chi connectivity index (χ0v) is 13.7. The summed E-state index contributed by atoms with van der Waals surface area (Å²) in [6, 6.07) is 13.7. The van der Waals surface area contributed by atoms with Crippen molar-refractivity contribution in [3.8, 4) is 5.75 Å². The molecule has 0 aliphatic rings. The van der Waals surface area contributed by atoms with E-state index in [1.807, 2.05) is 36.4 Å². The molecule has 0 radical (unpaired) electrons. The number of nitrogens with zero attached hydrogens (tertiary/aromatic N) is 1. The fourth-order valence-corrected chi connectivity index (χ4v) is 2.25. The van der Waals surface area contributed by atoms with Crippen LogP contribution in [0.1, 0.15) is 11.1 Å². The van der Waals surface area contributed by atoms with Gasteiger partial charge >= 0.3 is 0 Å². The fraction of sp³-hybridized carbons (Fsp3) is 0.133. The van der Waals surface area contributed by atoms with Crippen molar-refractivity contribution in [2.24, 2.45) is 10.9 Å². The molecule has 0 bridgehead atoms. The molecule has 0 spiro atoms. The van der Waals surface area contributed by atoms with Crippen LogP contribution in [-0.4, -0.2) is 18.2 Å². The van der Waals surface area contributed by atoms with Gasteiger partial charge in [-0.25, -0.2) is 0 Å². The Hall–Kier alpha value is -1.96. The van der Waals surface area contributed by atoms with Gasteiger partial charge in [0.05, 0.1) is 12.7 Å². The maximum absolute atomic E-state index is 8.82. The van der Waals surface area contributed by atoms with Crippen molar-refractivity contribution in [1.29, 1.82) is 0 Å². The number of benzene rings is 2. The number of methoxy groups -OCH3 is 1. The largest absolute Gasteiger partial charge is 0.496 e. The van der Waals surface area contributed by atoms with Crippen LogP contribution in [0.4, 0.5) is 5.69 Å². The lowest BCUT2D eigenvalue weighted by molar-refractivity contribution is 0.318. The third kappa shape index (κ3) is 4.01. The zero-order valence-electron chi connectivity index (χ0n) is 11.5. The number of amidine groups is 1. The standard InChI is InChI=1S/C15H16IN3O2/c1-21-14-7-2-10(8-13(14)15(17)19-20)9-18-12-5-3-11(16)4-6-12/h2-8,18,20H,9H2,1H3,(H2,17,19). The Balaban J connectivity index is 2.15. The molecule has 0 saturated heterocycles.